The van der Waals surface area contributed by atoms with Crippen LogP contribution >= 0.6 is 15.9 Å². The van der Waals surface area contributed by atoms with Gasteiger partial charge in [0, 0.05) is 16.1 Å². The van der Waals surface area contributed by atoms with Crippen molar-refractivity contribution in [3.05, 3.63) is 34.3 Å². The first kappa shape index (κ1) is 17.0. The molecule has 1 heterocycles. The minimum Gasteiger partial charge on any atom is -0.496 e. The molecule has 2 rings (SSSR count). The van der Waals surface area contributed by atoms with E-state index in [0.717, 1.165) is 10.0 Å². The fourth-order valence-electron chi connectivity index (χ4n) is 2.45. The minimum atomic E-state index is -3.05. The van der Waals surface area contributed by atoms with E-state index in [1.807, 2.05) is 12.1 Å². The van der Waals surface area contributed by atoms with Crippen LogP contribution in [0.25, 0.3) is 6.08 Å². The zero-order valence-electron chi connectivity index (χ0n) is 12.4. The molecule has 120 valence electrons. The second-order valence-electron chi connectivity index (χ2n) is 5.61. The third kappa shape index (κ3) is 4.33. The third-order valence-electron chi connectivity index (χ3n) is 3.53. The Morgan fingerprint density at radius 1 is 1.45 bits per heavy atom. The van der Waals surface area contributed by atoms with E-state index in [2.05, 4.69) is 21.2 Å². The quantitative estimate of drug-likeness (QED) is 0.803. The molecule has 1 N–H and O–H groups in total. The van der Waals surface area contributed by atoms with Crippen LogP contribution in [0.1, 0.15) is 18.9 Å². The topological polar surface area (TPSA) is 72.5 Å². The molecule has 0 spiro atoms. The first-order valence-electron chi connectivity index (χ1n) is 6.77. The number of amides is 1. The molecule has 1 saturated heterocycles. The van der Waals surface area contributed by atoms with E-state index in [4.69, 9.17) is 4.74 Å². The average molecular weight is 388 g/mol. The molecule has 7 heteroatoms. The summed E-state index contributed by atoms with van der Waals surface area (Å²) in [5.41, 5.74) is 0.0675. The van der Waals surface area contributed by atoms with Crippen LogP contribution in [0.5, 0.6) is 5.75 Å². The van der Waals surface area contributed by atoms with Crippen molar-refractivity contribution in [2.24, 2.45) is 0 Å². The summed E-state index contributed by atoms with van der Waals surface area (Å²) >= 11 is 3.37. The number of methoxy groups -OCH3 is 1. The molecule has 0 aliphatic carbocycles. The summed E-state index contributed by atoms with van der Waals surface area (Å²) in [7, 11) is -1.49. The van der Waals surface area contributed by atoms with Gasteiger partial charge in [0.25, 0.3) is 0 Å². The van der Waals surface area contributed by atoms with Gasteiger partial charge in [0.1, 0.15) is 5.75 Å². The smallest absolute Gasteiger partial charge is 0.244 e. The molecule has 1 aliphatic heterocycles. The van der Waals surface area contributed by atoms with E-state index in [9.17, 15) is 13.2 Å². The number of ether oxygens (including phenoxy) is 1. The third-order valence-corrected chi connectivity index (χ3v) is 5.93. The molecule has 1 aromatic rings. The van der Waals surface area contributed by atoms with E-state index in [1.165, 1.54) is 6.08 Å². The SMILES string of the molecule is COc1ccc(Br)cc1C=CC(=O)NC1(C)CCS(=O)(=O)C1. The molecular weight excluding hydrogens is 370 g/mol. The minimum absolute atomic E-state index is 0.0141. The fraction of sp³-hybridized carbons (Fsp3) is 0.400. The van der Waals surface area contributed by atoms with Crippen molar-refractivity contribution in [2.75, 3.05) is 18.6 Å². The maximum atomic E-state index is 12.0. The summed E-state index contributed by atoms with van der Waals surface area (Å²) in [6.45, 7) is 1.75. The van der Waals surface area contributed by atoms with Crippen LogP contribution in [0.15, 0.2) is 28.7 Å². The van der Waals surface area contributed by atoms with Gasteiger partial charge in [-0.1, -0.05) is 15.9 Å². The molecule has 22 heavy (non-hydrogen) atoms. The Hall–Kier alpha value is -1.34. The van der Waals surface area contributed by atoms with Gasteiger partial charge in [-0.2, -0.15) is 0 Å². The zero-order valence-corrected chi connectivity index (χ0v) is 14.8. The maximum absolute atomic E-state index is 12.0. The van der Waals surface area contributed by atoms with Gasteiger partial charge in [0.2, 0.25) is 5.91 Å². The van der Waals surface area contributed by atoms with Crippen LogP contribution in [-0.2, 0) is 14.6 Å². The molecule has 1 atom stereocenters. The largest absolute Gasteiger partial charge is 0.496 e. The highest BCUT2D eigenvalue weighted by Gasteiger charge is 2.39. The highest BCUT2D eigenvalue weighted by atomic mass is 79.9. The summed E-state index contributed by atoms with van der Waals surface area (Å²) in [6.07, 6.45) is 3.47. The zero-order chi connectivity index (χ0) is 16.4. The fourth-order valence-corrected chi connectivity index (χ4v) is 4.92. The predicted octanol–water partition coefficient (Wildman–Crippen LogP) is 2.16. The number of halogens is 1. The van der Waals surface area contributed by atoms with Crippen molar-refractivity contribution in [3.63, 3.8) is 0 Å². The number of sulfone groups is 1. The first-order chi connectivity index (χ1) is 10.2. The van der Waals surface area contributed by atoms with Crippen LogP contribution in [0.2, 0.25) is 0 Å². The van der Waals surface area contributed by atoms with Gasteiger partial charge in [0.05, 0.1) is 24.2 Å². The van der Waals surface area contributed by atoms with Gasteiger partial charge in [0.15, 0.2) is 9.84 Å². The van der Waals surface area contributed by atoms with Gasteiger partial charge in [-0.15, -0.1) is 0 Å². The molecule has 1 aromatic carbocycles. The monoisotopic (exact) mass is 387 g/mol. The molecule has 0 saturated carbocycles. The van der Waals surface area contributed by atoms with Crippen LogP contribution < -0.4 is 10.1 Å². The van der Waals surface area contributed by atoms with Crippen LogP contribution in [0, 0.1) is 0 Å². The Morgan fingerprint density at radius 3 is 2.77 bits per heavy atom. The Balaban J connectivity index is 2.08. The Labute approximate surface area is 138 Å². The van der Waals surface area contributed by atoms with E-state index in [1.54, 1.807) is 26.2 Å². The van der Waals surface area contributed by atoms with Crippen molar-refractivity contribution < 1.29 is 17.9 Å². The second kappa shape index (κ2) is 6.42. The van der Waals surface area contributed by atoms with Crippen LogP contribution in [0.4, 0.5) is 0 Å². The number of nitrogens with one attached hydrogen (secondary N) is 1. The normalized spacial score (nSPS) is 23.6. The molecule has 5 nitrogen and oxygen atoms in total. The lowest BCUT2D eigenvalue weighted by atomic mass is 10.0. The average Bonchev–Trinajstić information content (AvgIpc) is 2.70. The lowest BCUT2D eigenvalue weighted by Gasteiger charge is -2.22. The highest BCUT2D eigenvalue weighted by molar-refractivity contribution is 9.10. The number of rotatable bonds is 4. The Morgan fingerprint density at radius 2 is 2.18 bits per heavy atom. The number of benzene rings is 1. The molecule has 1 aliphatic rings. The molecule has 0 bridgehead atoms. The van der Waals surface area contributed by atoms with E-state index in [-0.39, 0.29) is 17.4 Å². The van der Waals surface area contributed by atoms with Gasteiger partial charge in [-0.3, -0.25) is 4.79 Å². The van der Waals surface area contributed by atoms with Crippen molar-refractivity contribution in [1.29, 1.82) is 0 Å². The molecule has 0 aromatic heterocycles. The Kier molecular flexibility index (Phi) is 4.97. The lowest BCUT2D eigenvalue weighted by Crippen LogP contribution is -2.46. The van der Waals surface area contributed by atoms with Crippen molar-refractivity contribution in [3.8, 4) is 5.75 Å². The van der Waals surface area contributed by atoms with E-state index >= 15 is 0 Å². The summed E-state index contributed by atoms with van der Waals surface area (Å²) in [5.74, 6) is 0.441. The predicted molar refractivity (Wildman–Crippen MR) is 89.5 cm³/mol. The van der Waals surface area contributed by atoms with Gasteiger partial charge in [-0.05, 0) is 37.6 Å². The molecule has 1 unspecified atom stereocenters. The Bertz CT molecular complexity index is 714. The summed E-state index contributed by atoms with van der Waals surface area (Å²) in [4.78, 5) is 12.0. The van der Waals surface area contributed by atoms with Gasteiger partial charge < -0.3 is 10.1 Å². The van der Waals surface area contributed by atoms with E-state index < -0.39 is 15.4 Å². The summed E-state index contributed by atoms with van der Waals surface area (Å²) in [5, 5.41) is 2.78. The number of hydrogen-bond donors (Lipinski definition) is 1. The van der Waals surface area contributed by atoms with E-state index in [0.29, 0.717) is 12.2 Å². The van der Waals surface area contributed by atoms with Crippen molar-refractivity contribution >= 4 is 37.8 Å². The molecule has 0 radical (unpaired) electrons. The van der Waals surface area contributed by atoms with Gasteiger partial charge >= 0.3 is 0 Å². The van der Waals surface area contributed by atoms with Gasteiger partial charge in [-0.25, -0.2) is 8.42 Å². The van der Waals surface area contributed by atoms with Crippen LogP contribution in [-0.4, -0.2) is 38.5 Å². The second-order valence-corrected chi connectivity index (χ2v) is 8.71. The maximum Gasteiger partial charge on any atom is 0.244 e. The van der Waals surface area contributed by atoms with Crippen molar-refractivity contribution in [1.82, 2.24) is 5.32 Å². The summed E-state index contributed by atoms with van der Waals surface area (Å²) in [6, 6.07) is 5.48. The van der Waals surface area contributed by atoms with Crippen LogP contribution in [0.3, 0.4) is 0 Å². The standard InChI is InChI=1S/C15H18BrNO4S/c1-15(7-8-22(19,20)10-15)17-14(18)6-3-11-9-12(16)4-5-13(11)21-2/h3-6,9H,7-8,10H2,1-2H3,(H,17,18). The lowest BCUT2D eigenvalue weighted by molar-refractivity contribution is -0.117. The number of carbonyl (C=O) groups is 1. The summed E-state index contributed by atoms with van der Waals surface area (Å²) < 4.78 is 29.2. The molecular formula is C15H18BrNO4S. The molecule has 1 fully saturated rings. The number of hydrogen-bond acceptors (Lipinski definition) is 4. The number of carbonyl (C=O) groups excluding carboxylic acids is 1. The highest BCUT2D eigenvalue weighted by Crippen LogP contribution is 2.25. The first-order valence-corrected chi connectivity index (χ1v) is 9.39. The van der Waals surface area contributed by atoms with Crippen molar-refractivity contribution in [2.45, 2.75) is 18.9 Å². The molecule has 1 amide bonds.